The zero-order valence-electron chi connectivity index (χ0n) is 17.1. The lowest BCUT2D eigenvalue weighted by Gasteiger charge is -2.19. The van der Waals surface area contributed by atoms with E-state index >= 15 is 0 Å². The van der Waals surface area contributed by atoms with Crippen molar-refractivity contribution < 1.29 is 18.3 Å². The molecule has 0 aliphatic rings. The highest BCUT2D eigenvalue weighted by molar-refractivity contribution is 5.93. The maximum atomic E-state index is 13.2. The Morgan fingerprint density at radius 2 is 1.84 bits per heavy atom. The molecule has 0 bridgehead atoms. The molecule has 0 fully saturated rings. The summed E-state index contributed by atoms with van der Waals surface area (Å²) in [7, 11) is 0. The van der Waals surface area contributed by atoms with E-state index in [1.807, 2.05) is 0 Å². The van der Waals surface area contributed by atoms with Gasteiger partial charge >= 0.3 is 6.18 Å². The Hall–Kier alpha value is -3.66. The predicted molar refractivity (Wildman–Crippen MR) is 112 cm³/mol. The van der Waals surface area contributed by atoms with Crippen LogP contribution in [0.5, 0.6) is 0 Å². The molecule has 0 saturated heterocycles. The third-order valence-corrected chi connectivity index (χ3v) is 4.65. The van der Waals surface area contributed by atoms with Crippen molar-refractivity contribution in [3.8, 4) is 22.5 Å². The van der Waals surface area contributed by atoms with Crippen molar-refractivity contribution in [1.82, 2.24) is 24.5 Å². The molecule has 4 aromatic rings. The van der Waals surface area contributed by atoms with Crippen molar-refractivity contribution in [2.75, 3.05) is 0 Å². The van der Waals surface area contributed by atoms with Crippen LogP contribution in [0.1, 0.15) is 19.5 Å². The van der Waals surface area contributed by atoms with Gasteiger partial charge in [0.05, 0.1) is 35.2 Å². The maximum Gasteiger partial charge on any atom is 0.433 e. The first-order valence-corrected chi connectivity index (χ1v) is 9.59. The molecular weight excluding hydrogens is 423 g/mol. The van der Waals surface area contributed by atoms with Crippen molar-refractivity contribution in [3.63, 3.8) is 0 Å². The van der Waals surface area contributed by atoms with Crippen LogP contribution >= 0.6 is 0 Å². The van der Waals surface area contributed by atoms with Crippen LogP contribution in [-0.4, -0.2) is 35.2 Å². The molecule has 0 amide bonds. The summed E-state index contributed by atoms with van der Waals surface area (Å²) in [6.45, 7) is 3.14. The summed E-state index contributed by atoms with van der Waals surface area (Å²) in [6.07, 6.45) is 0.976. The topological polar surface area (TPSA) is 93.8 Å². The van der Waals surface area contributed by atoms with Crippen LogP contribution in [0, 0.1) is 0 Å². The maximum absolute atomic E-state index is 13.2. The number of aliphatic hydroxyl groups is 1. The average molecular weight is 441 g/mol. The Bertz CT molecular complexity index is 1330. The molecule has 10 heteroatoms. The van der Waals surface area contributed by atoms with Crippen LogP contribution in [0.3, 0.4) is 0 Å². The highest BCUT2D eigenvalue weighted by Crippen LogP contribution is 2.31. The highest BCUT2D eigenvalue weighted by atomic mass is 19.4. The summed E-state index contributed by atoms with van der Waals surface area (Å²) < 4.78 is 40.0. The van der Waals surface area contributed by atoms with Gasteiger partial charge in [0.2, 0.25) is 0 Å². The van der Waals surface area contributed by atoms with Gasteiger partial charge in [-0.15, -0.1) is 0 Å². The summed E-state index contributed by atoms with van der Waals surface area (Å²) in [5, 5.41) is 10.3. The van der Waals surface area contributed by atoms with Gasteiger partial charge in [-0.2, -0.15) is 13.2 Å². The average Bonchev–Trinajstić information content (AvgIpc) is 2.74. The Morgan fingerprint density at radius 3 is 2.44 bits per heavy atom. The second-order valence-electron chi connectivity index (χ2n) is 7.91. The standard InChI is InChI=1S/C22H18F3N5O2/c1-21(2,32)11-30-12-28-19-15(20(30)31)8-16(29-18(19)14-4-3-7-26-9-14)13-5-6-17(27-10-13)22(23,24)25/h3-10,12,32H,11H2,1-2H3. The molecule has 0 spiro atoms. The van der Waals surface area contributed by atoms with Crippen molar-refractivity contribution >= 4 is 10.9 Å². The van der Waals surface area contributed by atoms with Gasteiger partial charge in [-0.3, -0.25) is 19.3 Å². The van der Waals surface area contributed by atoms with Gasteiger partial charge in [0, 0.05) is 29.7 Å². The largest absolute Gasteiger partial charge is 0.433 e. The van der Waals surface area contributed by atoms with Crippen LogP contribution in [0.4, 0.5) is 13.2 Å². The summed E-state index contributed by atoms with van der Waals surface area (Å²) >= 11 is 0. The van der Waals surface area contributed by atoms with Gasteiger partial charge in [-0.25, -0.2) is 9.97 Å². The zero-order valence-corrected chi connectivity index (χ0v) is 17.1. The number of pyridine rings is 3. The molecule has 0 aromatic carbocycles. The van der Waals surface area contributed by atoms with Gasteiger partial charge in [0.15, 0.2) is 0 Å². The molecule has 4 heterocycles. The lowest BCUT2D eigenvalue weighted by atomic mass is 10.1. The number of hydrogen-bond donors (Lipinski definition) is 1. The molecule has 4 aromatic heterocycles. The van der Waals surface area contributed by atoms with Gasteiger partial charge in [-0.05, 0) is 44.2 Å². The normalized spacial score (nSPS) is 12.3. The molecule has 0 atom stereocenters. The number of nitrogens with zero attached hydrogens (tertiary/aromatic N) is 5. The van der Waals surface area contributed by atoms with E-state index in [1.54, 1.807) is 38.4 Å². The van der Waals surface area contributed by atoms with E-state index in [4.69, 9.17) is 0 Å². The van der Waals surface area contributed by atoms with Gasteiger partial charge in [0.25, 0.3) is 5.56 Å². The number of fused-ring (bicyclic) bond motifs is 1. The molecule has 4 rings (SSSR count). The molecule has 0 unspecified atom stereocenters. The third-order valence-electron chi connectivity index (χ3n) is 4.65. The van der Waals surface area contributed by atoms with E-state index in [0.29, 0.717) is 22.3 Å². The highest BCUT2D eigenvalue weighted by Gasteiger charge is 2.32. The van der Waals surface area contributed by atoms with Gasteiger partial charge in [0.1, 0.15) is 11.2 Å². The van der Waals surface area contributed by atoms with E-state index in [0.717, 1.165) is 12.3 Å². The number of rotatable bonds is 4. The monoisotopic (exact) mass is 441 g/mol. The van der Waals surface area contributed by atoms with E-state index < -0.39 is 23.0 Å². The van der Waals surface area contributed by atoms with E-state index in [2.05, 4.69) is 19.9 Å². The van der Waals surface area contributed by atoms with Gasteiger partial charge in [-0.1, -0.05) is 0 Å². The van der Waals surface area contributed by atoms with Crippen LogP contribution in [0.2, 0.25) is 0 Å². The van der Waals surface area contributed by atoms with Crippen LogP contribution < -0.4 is 5.56 Å². The lowest BCUT2D eigenvalue weighted by Crippen LogP contribution is -2.33. The predicted octanol–water partition coefficient (Wildman–Crippen LogP) is 3.71. The molecule has 0 aliphatic heterocycles. The number of alkyl halides is 3. The lowest BCUT2D eigenvalue weighted by molar-refractivity contribution is -0.141. The Labute approximate surface area is 180 Å². The summed E-state index contributed by atoms with van der Waals surface area (Å²) in [5.41, 5.74) is -0.754. The first-order chi connectivity index (χ1) is 15.0. The fourth-order valence-corrected chi connectivity index (χ4v) is 3.26. The van der Waals surface area contributed by atoms with Crippen molar-refractivity contribution in [2.24, 2.45) is 0 Å². The molecular formula is C22H18F3N5O2. The molecule has 0 radical (unpaired) electrons. The van der Waals surface area contributed by atoms with Crippen LogP contribution in [-0.2, 0) is 12.7 Å². The third kappa shape index (κ3) is 4.35. The summed E-state index contributed by atoms with van der Waals surface area (Å²) in [6, 6.07) is 7.03. The minimum Gasteiger partial charge on any atom is -0.389 e. The Balaban J connectivity index is 1.95. The van der Waals surface area contributed by atoms with Crippen LogP contribution in [0.15, 0.2) is 60.0 Å². The van der Waals surface area contributed by atoms with Crippen molar-refractivity contribution in [2.45, 2.75) is 32.2 Å². The second-order valence-corrected chi connectivity index (χ2v) is 7.91. The summed E-state index contributed by atoms with van der Waals surface area (Å²) in [5.74, 6) is 0. The molecule has 7 nitrogen and oxygen atoms in total. The molecule has 1 N–H and O–H groups in total. The van der Waals surface area contributed by atoms with E-state index in [9.17, 15) is 23.1 Å². The smallest absolute Gasteiger partial charge is 0.389 e. The first-order valence-electron chi connectivity index (χ1n) is 9.59. The molecule has 0 saturated carbocycles. The number of halogens is 3. The minimum atomic E-state index is -4.56. The molecule has 32 heavy (non-hydrogen) atoms. The van der Waals surface area contributed by atoms with Crippen molar-refractivity contribution in [3.05, 3.63) is 71.3 Å². The second kappa shape index (κ2) is 7.79. The number of aromatic nitrogens is 5. The molecule has 164 valence electrons. The first kappa shape index (κ1) is 21.6. The Kier molecular flexibility index (Phi) is 5.25. The zero-order chi connectivity index (χ0) is 23.1. The Morgan fingerprint density at radius 1 is 1.06 bits per heavy atom. The SMILES string of the molecule is CC(C)(O)Cn1cnc2c(-c3cccnc3)nc(-c3ccc(C(F)(F)F)nc3)cc2c1=O. The fraction of sp³-hybridized carbons (Fsp3) is 0.227. The molecule has 0 aliphatic carbocycles. The van der Waals surface area contributed by atoms with Crippen LogP contribution in [0.25, 0.3) is 33.4 Å². The number of hydrogen-bond acceptors (Lipinski definition) is 6. The fourth-order valence-electron chi connectivity index (χ4n) is 3.26. The quantitative estimate of drug-likeness (QED) is 0.519. The summed E-state index contributed by atoms with van der Waals surface area (Å²) in [4.78, 5) is 29.7. The van der Waals surface area contributed by atoms with Gasteiger partial charge < -0.3 is 5.11 Å². The van der Waals surface area contributed by atoms with E-state index in [1.165, 1.54) is 23.0 Å². The van der Waals surface area contributed by atoms with E-state index in [-0.39, 0.29) is 17.6 Å². The minimum absolute atomic E-state index is 0.0104. The van der Waals surface area contributed by atoms with Crippen molar-refractivity contribution in [1.29, 1.82) is 0 Å².